The van der Waals surface area contributed by atoms with E-state index >= 15 is 0 Å². The number of aromatic hydroxyl groups is 1. The molecule has 4 rings (SSSR count). The summed E-state index contributed by atoms with van der Waals surface area (Å²) in [5, 5.41) is 23.9. The fourth-order valence-corrected chi connectivity index (χ4v) is 4.00. The Labute approximate surface area is 232 Å². The summed E-state index contributed by atoms with van der Waals surface area (Å²) in [6, 6.07) is 22.5. The van der Waals surface area contributed by atoms with Crippen molar-refractivity contribution in [3.05, 3.63) is 84.4 Å². The zero-order valence-corrected chi connectivity index (χ0v) is 22.5. The number of nitrogens with two attached hydrogens (primary N) is 1. The maximum Gasteiger partial charge on any atom is 0.238 e. The molecule has 0 fully saturated rings. The number of anilines is 5. The van der Waals surface area contributed by atoms with E-state index in [0.717, 1.165) is 6.42 Å². The van der Waals surface area contributed by atoms with Gasteiger partial charge in [0.1, 0.15) is 5.75 Å². The Morgan fingerprint density at radius 3 is 1.85 bits per heavy atom. The Morgan fingerprint density at radius 2 is 1.25 bits per heavy atom. The van der Waals surface area contributed by atoms with Gasteiger partial charge < -0.3 is 30.5 Å². The summed E-state index contributed by atoms with van der Waals surface area (Å²) in [6.07, 6.45) is 0.856. The summed E-state index contributed by atoms with van der Waals surface area (Å²) < 4.78 is 34.3. The van der Waals surface area contributed by atoms with E-state index in [2.05, 4.69) is 43.0 Å². The lowest BCUT2D eigenvalue weighted by atomic mass is 10.2. The molecule has 0 aliphatic heterocycles. The molecule has 0 saturated carbocycles. The number of phenols is 1. The van der Waals surface area contributed by atoms with Crippen molar-refractivity contribution in [2.24, 2.45) is 5.14 Å². The molecule has 0 unspecified atom stereocenters. The monoisotopic (exact) mass is 565 g/mol. The van der Waals surface area contributed by atoms with Gasteiger partial charge in [0.2, 0.25) is 27.9 Å². The zero-order chi connectivity index (χ0) is 28.2. The second-order valence-electron chi connectivity index (χ2n) is 8.56. The van der Waals surface area contributed by atoms with Gasteiger partial charge in [-0.15, -0.1) is 0 Å². The number of aromatic nitrogens is 3. The summed E-state index contributed by atoms with van der Waals surface area (Å²) in [5.41, 5.74) is 2.45. The van der Waals surface area contributed by atoms with Crippen LogP contribution in [0.2, 0.25) is 0 Å². The molecule has 12 nitrogen and oxygen atoms in total. The minimum atomic E-state index is -3.80. The molecule has 0 amide bonds. The molecular weight excluding hydrogens is 534 g/mol. The van der Waals surface area contributed by atoms with Crippen LogP contribution in [0.15, 0.2) is 83.8 Å². The van der Waals surface area contributed by atoms with Gasteiger partial charge in [-0.05, 0) is 60.5 Å². The van der Waals surface area contributed by atoms with Gasteiger partial charge in [-0.3, -0.25) is 0 Å². The molecule has 1 aromatic heterocycles. The molecule has 40 heavy (non-hydrogen) atoms. The van der Waals surface area contributed by atoms with Crippen LogP contribution >= 0.6 is 0 Å². The average molecular weight is 566 g/mol. The predicted octanol–water partition coefficient (Wildman–Crippen LogP) is 3.40. The van der Waals surface area contributed by atoms with Crippen LogP contribution in [0.4, 0.5) is 29.2 Å². The predicted molar refractivity (Wildman–Crippen MR) is 153 cm³/mol. The Kier molecular flexibility index (Phi) is 10.2. The highest BCUT2D eigenvalue weighted by Crippen LogP contribution is 2.21. The van der Waals surface area contributed by atoms with Crippen LogP contribution in [0.5, 0.6) is 5.75 Å². The van der Waals surface area contributed by atoms with Crippen LogP contribution in [0.1, 0.15) is 5.56 Å². The van der Waals surface area contributed by atoms with Crippen LogP contribution in [0.3, 0.4) is 0 Å². The first-order valence-electron chi connectivity index (χ1n) is 12.5. The highest BCUT2D eigenvalue weighted by molar-refractivity contribution is 7.89. The van der Waals surface area contributed by atoms with Crippen molar-refractivity contribution >= 4 is 39.2 Å². The highest BCUT2D eigenvalue weighted by atomic mass is 32.2. The number of rotatable bonds is 15. The number of hydrogen-bond donors (Lipinski definition) is 5. The number of benzene rings is 3. The Morgan fingerprint density at radius 1 is 0.700 bits per heavy atom. The summed E-state index contributed by atoms with van der Waals surface area (Å²) in [6.45, 7) is 2.44. The molecule has 0 radical (unpaired) electrons. The molecular formula is C27H31N7O5S. The van der Waals surface area contributed by atoms with Crippen LogP contribution in [0, 0.1) is 0 Å². The topological polar surface area (TPSA) is 174 Å². The summed E-state index contributed by atoms with van der Waals surface area (Å²) in [5.74, 6) is 0.896. The lowest BCUT2D eigenvalue weighted by Gasteiger charge is -2.12. The van der Waals surface area contributed by atoms with Crippen molar-refractivity contribution in [3.8, 4) is 5.75 Å². The Balaban J connectivity index is 1.30. The minimum Gasteiger partial charge on any atom is -0.508 e. The van der Waals surface area contributed by atoms with Crippen molar-refractivity contribution in [3.63, 3.8) is 0 Å². The van der Waals surface area contributed by atoms with Gasteiger partial charge in [0.25, 0.3) is 0 Å². The first kappa shape index (κ1) is 28.7. The molecule has 1 heterocycles. The van der Waals surface area contributed by atoms with Crippen LogP contribution in [-0.2, 0) is 25.9 Å². The lowest BCUT2D eigenvalue weighted by molar-refractivity contribution is 0.0528. The van der Waals surface area contributed by atoms with Crippen molar-refractivity contribution < 1.29 is 23.0 Å². The van der Waals surface area contributed by atoms with E-state index < -0.39 is 10.0 Å². The zero-order valence-electron chi connectivity index (χ0n) is 21.7. The van der Waals surface area contributed by atoms with E-state index in [1.54, 1.807) is 24.3 Å². The molecule has 13 heteroatoms. The number of nitrogens with zero attached hydrogens (tertiary/aromatic N) is 3. The third-order valence-electron chi connectivity index (χ3n) is 5.48. The van der Waals surface area contributed by atoms with E-state index in [1.165, 1.54) is 29.8 Å². The minimum absolute atomic E-state index is 0.00710. The smallest absolute Gasteiger partial charge is 0.238 e. The number of primary sulfonamides is 1. The molecule has 0 atom stereocenters. The van der Waals surface area contributed by atoms with Crippen molar-refractivity contribution in [1.29, 1.82) is 0 Å². The van der Waals surface area contributed by atoms with E-state index in [-0.39, 0.29) is 22.5 Å². The van der Waals surface area contributed by atoms with Crippen molar-refractivity contribution in [1.82, 2.24) is 15.0 Å². The molecule has 0 spiro atoms. The third-order valence-corrected chi connectivity index (χ3v) is 6.41. The molecule has 6 N–H and O–H groups in total. The fourth-order valence-electron chi connectivity index (χ4n) is 3.49. The van der Waals surface area contributed by atoms with E-state index in [4.69, 9.17) is 14.6 Å². The molecule has 4 aromatic rings. The number of sulfonamides is 1. The fraction of sp³-hybridized carbons (Fsp3) is 0.222. The van der Waals surface area contributed by atoms with Gasteiger partial charge in [-0.2, -0.15) is 15.0 Å². The first-order valence-corrected chi connectivity index (χ1v) is 14.0. The average Bonchev–Trinajstić information content (AvgIpc) is 2.94. The van der Waals surface area contributed by atoms with Crippen molar-refractivity contribution in [2.45, 2.75) is 11.3 Å². The largest absolute Gasteiger partial charge is 0.508 e. The maximum absolute atomic E-state index is 11.5. The maximum atomic E-state index is 11.5. The molecule has 210 valence electrons. The molecule has 3 aromatic carbocycles. The number of ether oxygens (including phenoxy) is 2. The van der Waals surface area contributed by atoms with E-state index in [0.29, 0.717) is 50.3 Å². The van der Waals surface area contributed by atoms with Gasteiger partial charge in [0.15, 0.2) is 0 Å². The van der Waals surface area contributed by atoms with E-state index in [1.807, 2.05) is 18.2 Å². The normalized spacial score (nSPS) is 11.2. The van der Waals surface area contributed by atoms with E-state index in [9.17, 15) is 13.5 Å². The molecule has 0 bridgehead atoms. The highest BCUT2D eigenvalue weighted by Gasteiger charge is 2.10. The second-order valence-corrected chi connectivity index (χ2v) is 10.1. The summed E-state index contributed by atoms with van der Waals surface area (Å²) in [4.78, 5) is 13.2. The van der Waals surface area contributed by atoms with Gasteiger partial charge in [0.05, 0.1) is 31.3 Å². The van der Waals surface area contributed by atoms with Gasteiger partial charge >= 0.3 is 0 Å². The lowest BCUT2D eigenvalue weighted by Crippen LogP contribution is -2.15. The Hall–Kier alpha value is -4.30. The second kappa shape index (κ2) is 14.2. The number of nitrogens with one attached hydrogen (secondary N) is 3. The van der Waals surface area contributed by atoms with Gasteiger partial charge in [-0.1, -0.05) is 30.3 Å². The van der Waals surface area contributed by atoms with Gasteiger partial charge in [0, 0.05) is 17.9 Å². The summed E-state index contributed by atoms with van der Waals surface area (Å²) in [7, 11) is -3.80. The third kappa shape index (κ3) is 9.47. The van der Waals surface area contributed by atoms with Crippen molar-refractivity contribution in [2.75, 3.05) is 48.9 Å². The number of phenolic OH excluding ortho intramolecular Hbond substituents is 1. The van der Waals surface area contributed by atoms with Crippen LogP contribution in [-0.4, -0.2) is 61.4 Å². The Bertz CT molecular complexity index is 1460. The standard InChI is InChI=1S/C27H31N7O5S/c28-40(36,37)24-12-8-22(9-13-24)31-27-33-25(32-26(34-27)30-21-6-10-23(35)11-7-21)29-15-17-39-19-18-38-16-14-20-4-2-1-3-5-20/h1-13,35H,14-19H2,(H2,28,36,37)(H3,29,30,31,32,33,34). The number of hydrogen-bond acceptors (Lipinski definition) is 11. The molecule has 0 aliphatic carbocycles. The quantitative estimate of drug-likeness (QED) is 0.106. The SMILES string of the molecule is NS(=O)(=O)c1ccc(Nc2nc(NCCOCCOCCc3ccccc3)nc(Nc3ccc(O)cc3)n2)cc1. The molecule has 0 saturated heterocycles. The van der Waals surface area contributed by atoms with Crippen LogP contribution < -0.4 is 21.1 Å². The summed E-state index contributed by atoms with van der Waals surface area (Å²) >= 11 is 0. The molecule has 0 aliphatic rings. The van der Waals surface area contributed by atoms with Crippen LogP contribution in [0.25, 0.3) is 0 Å². The first-order chi connectivity index (χ1) is 19.3. The van der Waals surface area contributed by atoms with Gasteiger partial charge in [-0.25, -0.2) is 13.6 Å².